The summed E-state index contributed by atoms with van der Waals surface area (Å²) in [5.41, 5.74) is 3.69. The fraction of sp³-hybridized carbons (Fsp3) is 0.0513. The second-order valence-electron chi connectivity index (χ2n) is 11.7. The maximum Gasteiger partial charge on any atom is 0.271 e. The summed E-state index contributed by atoms with van der Waals surface area (Å²) in [6, 6.07) is 35.8. The summed E-state index contributed by atoms with van der Waals surface area (Å²) in [4.78, 5) is 10.2. The van der Waals surface area contributed by atoms with E-state index in [1.54, 1.807) is 31.2 Å². The van der Waals surface area contributed by atoms with Crippen molar-refractivity contribution >= 4 is 50.6 Å². The van der Waals surface area contributed by atoms with Crippen molar-refractivity contribution in [3.8, 4) is 28.8 Å². The first-order valence-electron chi connectivity index (χ1n) is 16.2. The predicted molar refractivity (Wildman–Crippen MR) is 202 cm³/mol. The second-order valence-corrected chi connectivity index (χ2v) is 11.7. The number of azo groups is 3. The number of hydrogen-bond donors (Lipinski definition) is 4. The maximum atomic E-state index is 10.8. The van der Waals surface area contributed by atoms with Crippen LogP contribution in [0.4, 0.5) is 39.8 Å². The number of fused-ring (bicyclic) bond motifs is 1. The largest absolute Gasteiger partial charge is 0.506 e. The Bertz CT molecular complexity index is 2580. The molecule has 0 radical (unpaired) electrons. The van der Waals surface area contributed by atoms with Gasteiger partial charge in [0.2, 0.25) is 5.88 Å². The summed E-state index contributed by atoms with van der Waals surface area (Å²) in [5, 5.41) is 81.6. The molecule has 1 heterocycles. The van der Waals surface area contributed by atoms with Gasteiger partial charge >= 0.3 is 0 Å². The summed E-state index contributed by atoms with van der Waals surface area (Å²) in [6.45, 7) is 3.57. The zero-order valence-electron chi connectivity index (χ0n) is 29.2. The molecule has 0 atom stereocenters. The summed E-state index contributed by atoms with van der Waals surface area (Å²) in [7, 11) is 0. The van der Waals surface area contributed by atoms with Crippen LogP contribution in [-0.2, 0) is 17.4 Å². The quantitative estimate of drug-likeness (QED) is 0.0664. The minimum Gasteiger partial charge on any atom is -0.506 e. The number of aromatic nitrogens is 2. The molecule has 0 aliphatic heterocycles. The Kier molecular flexibility index (Phi) is 12.4. The Morgan fingerprint density at radius 1 is 0.600 bits per heavy atom. The van der Waals surface area contributed by atoms with Crippen LogP contribution in [-0.4, -0.2) is 35.1 Å². The number of hydrogen-bond acceptors (Lipinski definition) is 13. The van der Waals surface area contributed by atoms with Gasteiger partial charge < -0.3 is 20.4 Å². The van der Waals surface area contributed by atoms with Gasteiger partial charge in [-0.05, 0) is 79.4 Å². The van der Waals surface area contributed by atoms with Crippen molar-refractivity contribution in [3.05, 3.63) is 149 Å². The van der Waals surface area contributed by atoms with Gasteiger partial charge in [-0.3, -0.25) is 10.1 Å². The first-order chi connectivity index (χ1) is 26.1. The van der Waals surface area contributed by atoms with Crippen LogP contribution in [0.3, 0.4) is 0 Å². The molecule has 16 heteroatoms. The molecule has 15 nitrogen and oxygen atoms in total. The molecule has 0 aliphatic carbocycles. The molecule has 0 fully saturated rings. The molecular formula is C39H31CrN9O6. The van der Waals surface area contributed by atoms with Gasteiger partial charge in [-0.15, -0.1) is 20.5 Å². The average Bonchev–Trinajstić information content (AvgIpc) is 3.46. The van der Waals surface area contributed by atoms with E-state index in [4.69, 9.17) is 0 Å². The van der Waals surface area contributed by atoms with Crippen LogP contribution in [0.1, 0.15) is 11.3 Å². The molecule has 274 valence electrons. The minimum atomic E-state index is -0.600. The van der Waals surface area contributed by atoms with E-state index in [1.165, 1.54) is 10.7 Å². The van der Waals surface area contributed by atoms with Crippen molar-refractivity contribution in [2.24, 2.45) is 30.7 Å². The van der Waals surface area contributed by atoms with Gasteiger partial charge in [-0.2, -0.15) is 20.0 Å². The van der Waals surface area contributed by atoms with Crippen molar-refractivity contribution in [2.45, 2.75) is 13.8 Å². The molecule has 6 aromatic carbocycles. The maximum absolute atomic E-state index is 10.8. The summed E-state index contributed by atoms with van der Waals surface area (Å²) < 4.78 is 1.32. The molecule has 0 aliphatic rings. The van der Waals surface area contributed by atoms with Crippen LogP contribution in [0.25, 0.3) is 16.5 Å². The van der Waals surface area contributed by atoms with E-state index in [1.807, 2.05) is 85.8 Å². The molecular weight excluding hydrogens is 742 g/mol. The average molecular weight is 774 g/mol. The SMILES string of the molecule is Cc1cccc(-n2nc(C)c(N=Nc3cc([N+](=O)[O-])ccc3O)c2O)c1.Oc1ccc(N=Nc2ccccc2)cc1N=Nc1c(O)ccc2ccccc12.[Cr]. The molecule has 0 saturated heterocycles. The number of phenols is 3. The zero-order valence-corrected chi connectivity index (χ0v) is 30.4. The number of nitro benzene ring substituents is 1. The van der Waals surface area contributed by atoms with Crippen molar-refractivity contribution in [3.63, 3.8) is 0 Å². The Balaban J connectivity index is 0.000000208. The first-order valence-corrected chi connectivity index (χ1v) is 16.2. The fourth-order valence-corrected chi connectivity index (χ4v) is 5.09. The third-order valence-electron chi connectivity index (χ3n) is 7.81. The van der Waals surface area contributed by atoms with E-state index in [-0.39, 0.29) is 63.2 Å². The van der Waals surface area contributed by atoms with E-state index in [0.717, 1.165) is 40.2 Å². The normalized spacial score (nSPS) is 11.2. The predicted octanol–water partition coefficient (Wildman–Crippen LogP) is 11.3. The van der Waals surface area contributed by atoms with Crippen LogP contribution in [0.5, 0.6) is 23.1 Å². The third-order valence-corrected chi connectivity index (χ3v) is 7.81. The standard InChI is InChI=1S/C22H16N4O2.C17H15N5O4.Cr/c27-20-13-11-17(24-23-16-7-2-1-3-8-16)14-19(20)25-26-22-18-9-5-4-6-15(18)10-12-21(22)28;1-10-4-3-5-12(8-10)21-17(24)16(11(2)20-21)19-18-14-9-13(22(25)26)6-7-15(14)23;/h1-14,27-28H;3-9,23-24H,1-2H3;. The molecule has 0 unspecified atom stereocenters. The van der Waals surface area contributed by atoms with Gasteiger partial charge in [0.1, 0.15) is 34.3 Å². The van der Waals surface area contributed by atoms with Crippen molar-refractivity contribution < 1.29 is 42.7 Å². The zero-order chi connectivity index (χ0) is 38.2. The molecule has 4 N–H and O–H groups in total. The Morgan fingerprint density at radius 2 is 1.24 bits per heavy atom. The van der Waals surface area contributed by atoms with Gasteiger partial charge in [0.15, 0.2) is 5.69 Å². The molecule has 7 aromatic rings. The van der Waals surface area contributed by atoms with Gasteiger partial charge in [-0.1, -0.05) is 60.7 Å². The van der Waals surface area contributed by atoms with Gasteiger partial charge in [0.05, 0.1) is 27.7 Å². The van der Waals surface area contributed by atoms with Crippen molar-refractivity contribution in [2.75, 3.05) is 0 Å². The molecule has 0 spiro atoms. The van der Waals surface area contributed by atoms with E-state index in [0.29, 0.717) is 22.8 Å². The van der Waals surface area contributed by atoms with Crippen LogP contribution in [0.15, 0.2) is 158 Å². The molecule has 1 aromatic heterocycles. The van der Waals surface area contributed by atoms with Crippen molar-refractivity contribution in [1.29, 1.82) is 0 Å². The third kappa shape index (κ3) is 9.40. The Hall–Kier alpha value is -7.28. The van der Waals surface area contributed by atoms with Crippen LogP contribution in [0.2, 0.25) is 0 Å². The fourth-order valence-electron chi connectivity index (χ4n) is 5.09. The van der Waals surface area contributed by atoms with Gasteiger partial charge in [0.25, 0.3) is 5.69 Å². The monoisotopic (exact) mass is 773 g/mol. The first kappa shape index (κ1) is 38.9. The number of nitro groups is 1. The van der Waals surface area contributed by atoms with E-state index < -0.39 is 4.92 Å². The van der Waals surface area contributed by atoms with E-state index >= 15 is 0 Å². The Morgan fingerprint density at radius 3 is 1.96 bits per heavy atom. The molecule has 7 rings (SSSR count). The van der Waals surface area contributed by atoms with Gasteiger partial charge in [0, 0.05) is 34.9 Å². The number of non-ortho nitro benzene ring substituents is 1. The summed E-state index contributed by atoms with van der Waals surface area (Å²) in [6.07, 6.45) is 0. The number of phenolic OH excluding ortho intramolecular Hbond substituents is 3. The van der Waals surface area contributed by atoms with Crippen LogP contribution in [0, 0.1) is 24.0 Å². The molecule has 0 saturated carbocycles. The van der Waals surface area contributed by atoms with E-state index in [2.05, 4.69) is 35.8 Å². The van der Waals surface area contributed by atoms with Crippen LogP contribution >= 0.6 is 0 Å². The number of benzene rings is 6. The topological polar surface area (TPSA) is 216 Å². The second kappa shape index (κ2) is 17.5. The summed E-state index contributed by atoms with van der Waals surface area (Å²) >= 11 is 0. The number of nitrogens with zero attached hydrogens (tertiary/aromatic N) is 9. The molecule has 0 bridgehead atoms. The van der Waals surface area contributed by atoms with Gasteiger partial charge in [-0.25, -0.2) is 0 Å². The minimum absolute atomic E-state index is 0. The van der Waals surface area contributed by atoms with Crippen molar-refractivity contribution in [1.82, 2.24) is 9.78 Å². The smallest absolute Gasteiger partial charge is 0.271 e. The number of aryl methyl sites for hydroxylation is 2. The van der Waals surface area contributed by atoms with E-state index in [9.17, 15) is 30.5 Å². The number of aromatic hydroxyl groups is 4. The molecule has 0 amide bonds. The van der Waals surface area contributed by atoms with Crippen LogP contribution < -0.4 is 0 Å². The summed E-state index contributed by atoms with van der Waals surface area (Å²) in [5.74, 6) is -0.506. The molecule has 55 heavy (non-hydrogen) atoms. The Labute approximate surface area is 324 Å². The number of rotatable bonds is 8.